The van der Waals surface area contributed by atoms with Gasteiger partial charge in [-0.15, -0.1) is 18.2 Å². The summed E-state index contributed by atoms with van der Waals surface area (Å²) >= 11 is 11.8. The van der Waals surface area contributed by atoms with Crippen LogP contribution in [0.5, 0.6) is 0 Å². The Hall–Kier alpha value is -1.74. The first-order valence-electron chi connectivity index (χ1n) is 8.81. The van der Waals surface area contributed by atoms with E-state index in [4.69, 9.17) is 23.8 Å². The molecule has 1 heterocycles. The molecule has 1 fully saturated rings. The van der Waals surface area contributed by atoms with Crippen LogP contribution in [0.1, 0.15) is 38.3 Å². The van der Waals surface area contributed by atoms with Crippen molar-refractivity contribution in [1.82, 2.24) is 0 Å². The highest BCUT2D eigenvalue weighted by atomic mass is 35.5. The number of hydrogen-bond acceptors (Lipinski definition) is 3. The second-order valence-corrected chi connectivity index (χ2v) is 8.89. The third kappa shape index (κ3) is 2.04. The summed E-state index contributed by atoms with van der Waals surface area (Å²) in [5.74, 6) is 0.0451. The van der Waals surface area contributed by atoms with Crippen LogP contribution in [-0.2, 0) is 10.2 Å². The van der Waals surface area contributed by atoms with Gasteiger partial charge in [0.1, 0.15) is 0 Å². The van der Waals surface area contributed by atoms with Crippen molar-refractivity contribution in [2.24, 2.45) is 16.3 Å². The number of carbonyl (C=O) groups is 1. The van der Waals surface area contributed by atoms with E-state index in [1.54, 1.807) is 0 Å². The van der Waals surface area contributed by atoms with Gasteiger partial charge in [0, 0.05) is 22.0 Å². The molecule has 0 bridgehead atoms. The van der Waals surface area contributed by atoms with Crippen LogP contribution in [0.4, 0.5) is 5.69 Å². The summed E-state index contributed by atoms with van der Waals surface area (Å²) in [5.41, 5.74) is 4.20. The summed E-state index contributed by atoms with van der Waals surface area (Å²) in [7, 11) is 0. The largest absolute Gasteiger partial charge is 0.321 e. The number of amides is 1. The van der Waals surface area contributed by atoms with E-state index in [9.17, 15) is 4.79 Å². The molecule has 1 amide bonds. The second-order valence-electron chi connectivity index (χ2n) is 8.18. The number of carbonyl (C=O) groups excluding carboxylic acids is 1. The lowest BCUT2D eigenvalue weighted by molar-refractivity contribution is -0.110. The van der Waals surface area contributed by atoms with E-state index >= 15 is 0 Å². The van der Waals surface area contributed by atoms with Gasteiger partial charge in [0.25, 0.3) is 5.91 Å². The van der Waals surface area contributed by atoms with Crippen molar-refractivity contribution in [1.29, 1.82) is 0 Å². The molecule has 2 aliphatic carbocycles. The first-order valence-corrected chi connectivity index (χ1v) is 9.65. The van der Waals surface area contributed by atoms with E-state index in [0.29, 0.717) is 0 Å². The smallest absolute Gasteiger partial charge is 0.256 e. The van der Waals surface area contributed by atoms with E-state index in [2.05, 4.69) is 42.0 Å². The fraction of sp³-hybridized carbons (Fsp3) is 0.429. The summed E-state index contributed by atoms with van der Waals surface area (Å²) < 4.78 is 0. The topological polar surface area (TPSA) is 41.5 Å². The number of hydrogen-bond donors (Lipinski definition) is 1. The van der Waals surface area contributed by atoms with Crippen LogP contribution in [0, 0.1) is 11.3 Å². The number of anilines is 1. The third-order valence-corrected chi connectivity index (χ3v) is 7.40. The first-order chi connectivity index (χ1) is 12.3. The van der Waals surface area contributed by atoms with Gasteiger partial charge in [-0.3, -0.25) is 4.79 Å². The number of isothiocyanates is 1. The molecular weight excluding hydrogens is 364 g/mol. The van der Waals surface area contributed by atoms with Gasteiger partial charge in [-0.2, -0.15) is 0 Å². The molecule has 4 atom stereocenters. The van der Waals surface area contributed by atoms with Gasteiger partial charge in [-0.25, -0.2) is 4.99 Å². The summed E-state index contributed by atoms with van der Waals surface area (Å²) in [4.78, 5) is 17.4. The molecule has 3 aliphatic rings. The van der Waals surface area contributed by atoms with Crippen molar-refractivity contribution >= 4 is 46.1 Å². The number of thiocarbonyl (C=S) groups is 1. The van der Waals surface area contributed by atoms with Crippen LogP contribution in [0.15, 0.2) is 41.4 Å². The molecule has 0 radical (unpaired) electrons. The second kappa shape index (κ2) is 5.63. The van der Waals surface area contributed by atoms with Crippen LogP contribution >= 0.6 is 23.8 Å². The zero-order chi connectivity index (χ0) is 18.9. The van der Waals surface area contributed by atoms with E-state index in [0.717, 1.165) is 28.8 Å². The van der Waals surface area contributed by atoms with Crippen molar-refractivity contribution in [2.45, 2.75) is 44.0 Å². The van der Waals surface area contributed by atoms with Gasteiger partial charge >= 0.3 is 0 Å². The van der Waals surface area contributed by atoms with Gasteiger partial charge in [0.2, 0.25) is 0 Å². The maximum atomic E-state index is 12.9. The maximum Gasteiger partial charge on any atom is 0.256 e. The highest BCUT2D eigenvalue weighted by Gasteiger charge is 2.56. The summed E-state index contributed by atoms with van der Waals surface area (Å²) in [6.07, 6.45) is 2.62. The van der Waals surface area contributed by atoms with Gasteiger partial charge in [-0.1, -0.05) is 39.0 Å². The number of fused-ring (bicyclic) bond motifs is 1. The fourth-order valence-corrected chi connectivity index (χ4v) is 5.50. The zero-order valence-corrected chi connectivity index (χ0v) is 16.7. The number of aliphatic imine (C=N–C) groups is 1. The summed E-state index contributed by atoms with van der Waals surface area (Å²) in [6, 6.07) is 5.75. The molecule has 5 heteroatoms. The molecular formula is C21H21ClN2OS. The minimum atomic E-state index is -0.488. The average Bonchev–Trinajstić information content (AvgIpc) is 2.93. The van der Waals surface area contributed by atoms with Crippen LogP contribution in [0.2, 0.25) is 0 Å². The Morgan fingerprint density at radius 2 is 2.15 bits per heavy atom. The van der Waals surface area contributed by atoms with Crippen LogP contribution < -0.4 is 5.32 Å². The molecule has 134 valence electrons. The molecule has 0 unspecified atom stereocenters. The quantitative estimate of drug-likeness (QED) is 0.338. The summed E-state index contributed by atoms with van der Waals surface area (Å²) in [6.45, 7) is 10.5. The van der Waals surface area contributed by atoms with E-state index in [-0.39, 0.29) is 28.7 Å². The van der Waals surface area contributed by atoms with Crippen LogP contribution in [0.25, 0.3) is 5.57 Å². The number of nitrogens with zero attached hydrogens (tertiary/aromatic N) is 1. The average molecular weight is 385 g/mol. The Morgan fingerprint density at radius 1 is 1.42 bits per heavy atom. The van der Waals surface area contributed by atoms with Crippen molar-refractivity contribution in [2.75, 3.05) is 5.32 Å². The Bertz CT molecular complexity index is 928. The Balaban J connectivity index is 2.11. The van der Waals surface area contributed by atoms with Crippen molar-refractivity contribution in [3.8, 4) is 0 Å². The number of nitrogens with one attached hydrogen (secondary N) is 1. The van der Waals surface area contributed by atoms with E-state index in [1.165, 1.54) is 5.56 Å². The number of rotatable bonds is 2. The van der Waals surface area contributed by atoms with Crippen molar-refractivity contribution < 1.29 is 4.79 Å². The number of alkyl halides is 1. The predicted octanol–water partition coefficient (Wildman–Crippen LogP) is 4.97. The number of benzene rings is 1. The zero-order valence-electron chi connectivity index (χ0n) is 15.1. The molecule has 0 aromatic heterocycles. The van der Waals surface area contributed by atoms with E-state index in [1.807, 2.05) is 25.1 Å². The highest BCUT2D eigenvalue weighted by molar-refractivity contribution is 7.78. The lowest BCUT2D eigenvalue weighted by Gasteiger charge is -2.52. The summed E-state index contributed by atoms with van der Waals surface area (Å²) in [5, 5.41) is 5.42. The standard InChI is InChI=1S/C21H21ClN2OS/c1-5-21(4)14(22)9-12-16(18(21)23-10-26)17-15-11(20(12,2)3)7-6-8-13(15)24-19(17)25/h5-8,12,14,18H,1,9H2,2-4H3,(H,24,25)/t12-,14+,18+,21-/m0/s1. The maximum absolute atomic E-state index is 12.9. The van der Waals surface area contributed by atoms with Gasteiger partial charge in [0.15, 0.2) is 0 Å². The minimum Gasteiger partial charge on any atom is -0.321 e. The van der Waals surface area contributed by atoms with E-state index < -0.39 is 5.41 Å². The lowest BCUT2D eigenvalue weighted by atomic mass is 9.53. The van der Waals surface area contributed by atoms with Crippen molar-refractivity contribution in [3.63, 3.8) is 0 Å². The van der Waals surface area contributed by atoms with Crippen molar-refractivity contribution in [3.05, 3.63) is 47.6 Å². The predicted molar refractivity (Wildman–Crippen MR) is 110 cm³/mol. The van der Waals surface area contributed by atoms with Crippen LogP contribution in [-0.4, -0.2) is 22.5 Å². The number of halogens is 1. The monoisotopic (exact) mass is 384 g/mol. The molecule has 1 N–H and O–H groups in total. The third-order valence-electron chi connectivity index (χ3n) is 6.64. The Labute approximate surface area is 164 Å². The molecule has 4 rings (SSSR count). The van der Waals surface area contributed by atoms with Gasteiger partial charge < -0.3 is 5.32 Å². The van der Waals surface area contributed by atoms with Gasteiger partial charge in [-0.05, 0) is 47.2 Å². The molecule has 1 aliphatic heterocycles. The molecule has 0 spiro atoms. The van der Waals surface area contributed by atoms with Crippen LogP contribution in [0.3, 0.4) is 0 Å². The van der Waals surface area contributed by atoms with Gasteiger partial charge in [0.05, 0.1) is 16.8 Å². The molecule has 3 nitrogen and oxygen atoms in total. The minimum absolute atomic E-state index is 0.0630. The molecule has 1 aromatic rings. The molecule has 1 aromatic carbocycles. The molecule has 26 heavy (non-hydrogen) atoms. The first kappa shape index (κ1) is 17.7. The highest BCUT2D eigenvalue weighted by Crippen LogP contribution is 2.60. The lowest BCUT2D eigenvalue weighted by Crippen LogP contribution is -2.52. The Kier molecular flexibility index (Phi) is 3.82. The molecule has 1 saturated carbocycles. The SMILES string of the molecule is C=C[C@@]1(C)[C@H](Cl)C[C@H]2C(=C3C(=O)Nc4cccc(c43)C2(C)C)[C@H]1N=C=S. The normalized spacial score (nSPS) is 33.7. The Morgan fingerprint density at radius 3 is 2.81 bits per heavy atom. The molecule has 0 saturated heterocycles. The fourth-order valence-electron chi connectivity index (χ4n) is 5.00.